The molecule has 0 aliphatic heterocycles. The predicted octanol–water partition coefficient (Wildman–Crippen LogP) is 2.33. The van der Waals surface area contributed by atoms with Crippen molar-refractivity contribution in [2.24, 2.45) is 0 Å². The number of nitrogens with zero attached hydrogens (tertiary/aromatic N) is 2. The van der Waals surface area contributed by atoms with E-state index in [1.165, 1.54) is 22.3 Å². The average molecular weight is 243 g/mol. The van der Waals surface area contributed by atoms with Crippen LogP contribution < -0.4 is 11.0 Å². The number of fused-ring (bicyclic) bond motifs is 1. The monoisotopic (exact) mass is 243 g/mol. The highest BCUT2D eigenvalue weighted by Gasteiger charge is 2.04. The summed E-state index contributed by atoms with van der Waals surface area (Å²) in [6.45, 7) is 0. The highest BCUT2D eigenvalue weighted by Crippen LogP contribution is 2.13. The Bertz CT molecular complexity index is 702. The molecule has 1 N–H and O–H groups in total. The first-order valence-corrected chi connectivity index (χ1v) is 5.99. The molecule has 0 saturated carbocycles. The van der Waals surface area contributed by atoms with E-state index in [1.807, 2.05) is 41.8 Å². The molecule has 3 rings (SSSR count). The fourth-order valence-corrected chi connectivity index (χ4v) is 2.35. The summed E-state index contributed by atoms with van der Waals surface area (Å²) < 4.78 is 2.06. The number of aromatic nitrogens is 2. The van der Waals surface area contributed by atoms with Gasteiger partial charge >= 0.3 is 0 Å². The molecule has 0 atom stereocenters. The summed E-state index contributed by atoms with van der Waals surface area (Å²) in [7, 11) is 0. The molecule has 2 heterocycles. The molecule has 0 aliphatic carbocycles. The average Bonchev–Trinajstić information content (AvgIpc) is 2.83. The Morgan fingerprint density at radius 3 is 2.82 bits per heavy atom. The molecule has 0 fully saturated rings. The Balaban J connectivity index is 2.07. The molecule has 4 nitrogen and oxygen atoms in total. The van der Waals surface area contributed by atoms with Crippen molar-refractivity contribution >= 4 is 27.2 Å². The number of benzene rings is 1. The Hall–Kier alpha value is -2.14. The summed E-state index contributed by atoms with van der Waals surface area (Å²) in [5.74, 6) is 0. The van der Waals surface area contributed by atoms with Gasteiger partial charge in [0.05, 0.1) is 11.2 Å². The van der Waals surface area contributed by atoms with E-state index < -0.39 is 0 Å². The lowest BCUT2D eigenvalue weighted by atomic mass is 10.3. The number of hydrogen-bond acceptors (Lipinski definition) is 4. The fraction of sp³-hybridized carbons (Fsp3) is 0. The summed E-state index contributed by atoms with van der Waals surface area (Å²) in [5, 5.41) is 1.87. The van der Waals surface area contributed by atoms with Crippen LogP contribution in [0.5, 0.6) is 0 Å². The standard InChI is InChI=1S/C12H9N3OS/c16-12-11-10(6-7-17-11)13-8-15(12)14-9-4-2-1-3-5-9/h1-8,14H. The molecule has 17 heavy (non-hydrogen) atoms. The third kappa shape index (κ3) is 1.81. The predicted molar refractivity (Wildman–Crippen MR) is 69.3 cm³/mol. The Morgan fingerprint density at radius 2 is 2.00 bits per heavy atom. The highest BCUT2D eigenvalue weighted by molar-refractivity contribution is 7.17. The van der Waals surface area contributed by atoms with Gasteiger partial charge < -0.3 is 0 Å². The third-order valence-electron chi connectivity index (χ3n) is 2.39. The Kier molecular flexibility index (Phi) is 2.38. The molecule has 0 spiro atoms. The van der Waals surface area contributed by atoms with Crippen molar-refractivity contribution in [2.45, 2.75) is 0 Å². The van der Waals surface area contributed by atoms with Crippen molar-refractivity contribution in [1.82, 2.24) is 9.66 Å². The van der Waals surface area contributed by atoms with E-state index in [0.29, 0.717) is 4.70 Å². The van der Waals surface area contributed by atoms with E-state index in [0.717, 1.165) is 11.2 Å². The van der Waals surface area contributed by atoms with Gasteiger partial charge in [-0.1, -0.05) is 18.2 Å². The molecule has 0 amide bonds. The van der Waals surface area contributed by atoms with Crippen molar-refractivity contribution in [3.63, 3.8) is 0 Å². The molecule has 0 radical (unpaired) electrons. The lowest BCUT2D eigenvalue weighted by Gasteiger charge is -2.07. The Labute approximate surface area is 101 Å². The van der Waals surface area contributed by atoms with Crippen LogP contribution in [0.1, 0.15) is 0 Å². The summed E-state index contributed by atoms with van der Waals surface area (Å²) in [4.78, 5) is 16.3. The van der Waals surface area contributed by atoms with Crippen LogP contribution in [0.4, 0.5) is 5.69 Å². The van der Waals surface area contributed by atoms with Crippen molar-refractivity contribution < 1.29 is 0 Å². The number of anilines is 1. The van der Waals surface area contributed by atoms with Gasteiger partial charge in [0, 0.05) is 0 Å². The first kappa shape index (κ1) is 10.0. The van der Waals surface area contributed by atoms with Crippen LogP contribution in [0.15, 0.2) is 52.9 Å². The van der Waals surface area contributed by atoms with Crippen molar-refractivity contribution in [3.05, 3.63) is 58.5 Å². The van der Waals surface area contributed by atoms with Crippen LogP contribution in [0, 0.1) is 0 Å². The van der Waals surface area contributed by atoms with E-state index in [-0.39, 0.29) is 5.56 Å². The van der Waals surface area contributed by atoms with Gasteiger partial charge in [-0.05, 0) is 23.6 Å². The maximum Gasteiger partial charge on any atom is 0.290 e. The van der Waals surface area contributed by atoms with Gasteiger partial charge in [-0.25, -0.2) is 9.66 Å². The van der Waals surface area contributed by atoms with E-state index in [1.54, 1.807) is 0 Å². The van der Waals surface area contributed by atoms with Gasteiger partial charge in [-0.2, -0.15) is 0 Å². The lowest BCUT2D eigenvalue weighted by molar-refractivity contribution is 0.883. The molecule has 5 heteroatoms. The molecule has 0 saturated heterocycles. The van der Waals surface area contributed by atoms with Crippen molar-refractivity contribution in [1.29, 1.82) is 0 Å². The zero-order valence-corrected chi connectivity index (χ0v) is 9.65. The molecule has 1 aromatic carbocycles. The van der Waals surface area contributed by atoms with Crippen molar-refractivity contribution in [2.75, 3.05) is 5.43 Å². The van der Waals surface area contributed by atoms with Gasteiger partial charge in [-0.15, -0.1) is 11.3 Å². The van der Waals surface area contributed by atoms with E-state index in [2.05, 4.69) is 10.4 Å². The van der Waals surface area contributed by atoms with Crippen LogP contribution in [-0.2, 0) is 0 Å². The molecule has 0 aliphatic rings. The van der Waals surface area contributed by atoms with Crippen LogP contribution in [0.25, 0.3) is 10.2 Å². The zero-order chi connectivity index (χ0) is 11.7. The molecule has 0 unspecified atom stereocenters. The van der Waals surface area contributed by atoms with Gasteiger partial charge in [0.15, 0.2) is 0 Å². The smallest absolute Gasteiger partial charge is 0.290 e. The molecular formula is C12H9N3OS. The minimum atomic E-state index is -0.0751. The zero-order valence-electron chi connectivity index (χ0n) is 8.83. The topological polar surface area (TPSA) is 46.9 Å². The summed E-state index contributed by atoms with van der Waals surface area (Å²) >= 11 is 1.40. The second-order valence-electron chi connectivity index (χ2n) is 3.53. The number of nitrogens with one attached hydrogen (secondary N) is 1. The van der Waals surface area contributed by atoms with E-state index in [9.17, 15) is 4.79 Å². The molecule has 2 aromatic heterocycles. The largest absolute Gasteiger partial charge is 0.290 e. The second-order valence-corrected chi connectivity index (χ2v) is 4.45. The quantitative estimate of drug-likeness (QED) is 0.751. The van der Waals surface area contributed by atoms with Crippen molar-refractivity contribution in [3.8, 4) is 0 Å². The highest BCUT2D eigenvalue weighted by atomic mass is 32.1. The summed E-state index contributed by atoms with van der Waals surface area (Å²) in [6.07, 6.45) is 1.50. The third-order valence-corrected chi connectivity index (χ3v) is 3.28. The first-order valence-electron chi connectivity index (χ1n) is 5.11. The van der Waals surface area contributed by atoms with E-state index >= 15 is 0 Å². The van der Waals surface area contributed by atoms with Gasteiger partial charge in [0.25, 0.3) is 5.56 Å². The van der Waals surface area contributed by atoms with Gasteiger partial charge in [0.1, 0.15) is 11.0 Å². The first-order chi connectivity index (χ1) is 8.34. The second kappa shape index (κ2) is 4.03. The van der Waals surface area contributed by atoms with E-state index in [4.69, 9.17) is 0 Å². The van der Waals surface area contributed by atoms with Crippen LogP contribution in [0.2, 0.25) is 0 Å². The fourth-order valence-electron chi connectivity index (χ4n) is 1.58. The SMILES string of the molecule is O=c1c2sccc2ncn1Nc1ccccc1. The number of thiophene rings is 1. The van der Waals surface area contributed by atoms with Crippen LogP contribution >= 0.6 is 11.3 Å². The summed E-state index contributed by atoms with van der Waals surface area (Å²) in [5.41, 5.74) is 4.52. The Morgan fingerprint density at radius 1 is 1.18 bits per heavy atom. The van der Waals surface area contributed by atoms with Crippen LogP contribution in [-0.4, -0.2) is 9.66 Å². The number of rotatable bonds is 2. The minimum absolute atomic E-state index is 0.0751. The normalized spacial score (nSPS) is 10.6. The van der Waals surface area contributed by atoms with Gasteiger partial charge in [0.2, 0.25) is 0 Å². The van der Waals surface area contributed by atoms with Crippen LogP contribution in [0.3, 0.4) is 0 Å². The lowest BCUT2D eigenvalue weighted by Crippen LogP contribution is -2.25. The maximum absolute atomic E-state index is 12.1. The number of para-hydroxylation sites is 1. The number of hydrogen-bond donors (Lipinski definition) is 1. The minimum Gasteiger partial charge on any atom is -0.290 e. The molecular weight excluding hydrogens is 234 g/mol. The molecule has 3 aromatic rings. The summed E-state index contributed by atoms with van der Waals surface area (Å²) in [6, 6.07) is 11.4. The molecule has 84 valence electrons. The maximum atomic E-state index is 12.1. The molecule has 0 bridgehead atoms. The van der Waals surface area contributed by atoms with Gasteiger partial charge in [-0.3, -0.25) is 10.2 Å².